The topological polar surface area (TPSA) is 160 Å². The van der Waals surface area contributed by atoms with Gasteiger partial charge in [-0.15, -0.1) is 0 Å². The van der Waals surface area contributed by atoms with E-state index in [1.165, 1.54) is 19.3 Å². The lowest BCUT2D eigenvalue weighted by Gasteiger charge is -2.65. The number of aliphatic hydroxyl groups excluding tert-OH is 4. The van der Waals surface area contributed by atoms with Gasteiger partial charge in [0, 0.05) is 17.9 Å². The highest BCUT2D eigenvalue weighted by atomic mass is 16.5. The Kier molecular flexibility index (Phi) is 9.82. The zero-order chi connectivity index (χ0) is 34.1. The molecule has 1 saturated heterocycles. The van der Waals surface area contributed by atoms with Crippen LogP contribution < -0.4 is 5.32 Å². The molecule has 9 nitrogen and oxygen atoms in total. The maximum atomic E-state index is 14.7. The van der Waals surface area contributed by atoms with Crippen molar-refractivity contribution in [3.63, 3.8) is 0 Å². The number of unbranched alkanes of at least 4 members (excludes halogenated alkanes) is 3. The van der Waals surface area contributed by atoms with Crippen molar-refractivity contribution in [1.29, 1.82) is 0 Å². The fraction of sp³-hybridized carbons (Fsp3) is 0.921. The summed E-state index contributed by atoms with van der Waals surface area (Å²) in [6.07, 6.45) is 6.26. The molecule has 1 heterocycles. The molecular weight excluding hydrogens is 598 g/mol. The van der Waals surface area contributed by atoms with Gasteiger partial charge in [-0.3, -0.25) is 4.79 Å². The molecule has 6 rings (SSSR count). The van der Waals surface area contributed by atoms with Crippen LogP contribution in [-0.2, 0) is 9.53 Å². The summed E-state index contributed by atoms with van der Waals surface area (Å²) in [5.74, 6) is -1.12. The number of ether oxygens (including phenoxy) is 1. The summed E-state index contributed by atoms with van der Waals surface area (Å²) in [5, 5.41) is 73.0. The lowest BCUT2D eigenvalue weighted by Crippen LogP contribution is -2.68. The maximum absolute atomic E-state index is 14.7. The molecule has 0 aromatic carbocycles. The summed E-state index contributed by atoms with van der Waals surface area (Å²) in [4.78, 5) is 14.7. The minimum Gasteiger partial charge on any atom is -0.392 e. The number of nitrogens with one attached hydrogen (secondary N) is 1. The highest BCUT2D eigenvalue weighted by molar-refractivity contribution is 6.00. The Bertz CT molecular complexity index is 1200. The van der Waals surface area contributed by atoms with Gasteiger partial charge < -0.3 is 40.7 Å². The number of rotatable bonds is 11. The lowest BCUT2D eigenvalue weighted by atomic mass is 9.40. The fourth-order valence-corrected chi connectivity index (χ4v) is 12.3. The summed E-state index contributed by atoms with van der Waals surface area (Å²) in [6.45, 7) is 10.4. The largest absolute Gasteiger partial charge is 0.392 e. The van der Waals surface area contributed by atoms with Gasteiger partial charge in [0.2, 0.25) is 0 Å². The van der Waals surface area contributed by atoms with Crippen LogP contribution in [0.25, 0.3) is 0 Å². The third-order valence-electron chi connectivity index (χ3n) is 14.8. The number of hydrogen-bond donors (Lipinski definition) is 7. The first-order chi connectivity index (χ1) is 22.2. The van der Waals surface area contributed by atoms with Crippen LogP contribution in [0.4, 0.5) is 0 Å². The van der Waals surface area contributed by atoms with Crippen LogP contribution in [0.5, 0.6) is 0 Å². The third-order valence-corrected chi connectivity index (χ3v) is 14.8. The van der Waals surface area contributed by atoms with Gasteiger partial charge in [0.1, 0.15) is 6.10 Å². The van der Waals surface area contributed by atoms with Gasteiger partial charge >= 0.3 is 0 Å². The van der Waals surface area contributed by atoms with Crippen LogP contribution in [0.15, 0.2) is 11.3 Å². The first kappa shape index (κ1) is 35.7. The Morgan fingerprint density at radius 3 is 2.53 bits per heavy atom. The SMILES string of the molecule is CCCCCCC1COC(C(O)C(C)(O)C2CCC3(O)C4=C(NCC(C)O)C(=O)C5C6CCCC5(CC(O)C6O)C4CCC23C)C1C. The summed E-state index contributed by atoms with van der Waals surface area (Å²) in [6, 6.07) is 0. The van der Waals surface area contributed by atoms with Gasteiger partial charge in [0.15, 0.2) is 5.78 Å². The minimum atomic E-state index is -1.55. The summed E-state index contributed by atoms with van der Waals surface area (Å²) in [5.41, 5.74) is -3.34. The molecule has 5 fully saturated rings. The van der Waals surface area contributed by atoms with Crippen molar-refractivity contribution in [2.45, 2.75) is 160 Å². The number of hydrogen-bond acceptors (Lipinski definition) is 9. The van der Waals surface area contributed by atoms with Crippen LogP contribution in [0.1, 0.15) is 118 Å². The first-order valence-electron chi connectivity index (χ1n) is 19.0. The smallest absolute Gasteiger partial charge is 0.182 e. The number of carbonyl (C=O) groups is 1. The van der Waals surface area contributed by atoms with Gasteiger partial charge in [-0.2, -0.15) is 0 Å². The van der Waals surface area contributed by atoms with Gasteiger partial charge in [0.05, 0.1) is 47.9 Å². The molecule has 47 heavy (non-hydrogen) atoms. The molecule has 2 bridgehead atoms. The normalized spacial score (nSPS) is 47.1. The molecule has 6 aliphatic rings. The monoisotopic (exact) mass is 661 g/mol. The van der Waals surface area contributed by atoms with Crippen molar-refractivity contribution in [2.75, 3.05) is 13.2 Å². The number of aliphatic hydroxyl groups is 6. The van der Waals surface area contributed by atoms with E-state index in [1.807, 2.05) is 6.92 Å². The summed E-state index contributed by atoms with van der Waals surface area (Å²) >= 11 is 0. The summed E-state index contributed by atoms with van der Waals surface area (Å²) < 4.78 is 6.23. The van der Waals surface area contributed by atoms with Crippen molar-refractivity contribution in [3.8, 4) is 0 Å². The molecule has 15 atom stereocenters. The predicted molar refractivity (Wildman–Crippen MR) is 178 cm³/mol. The van der Waals surface area contributed by atoms with Crippen LogP contribution in [0.3, 0.4) is 0 Å². The van der Waals surface area contributed by atoms with Crippen molar-refractivity contribution in [1.82, 2.24) is 5.32 Å². The predicted octanol–water partition coefficient (Wildman–Crippen LogP) is 3.61. The molecule has 9 heteroatoms. The molecular formula is C38H63NO8. The van der Waals surface area contributed by atoms with Gasteiger partial charge in [-0.1, -0.05) is 52.9 Å². The molecule has 7 N–H and O–H groups in total. The van der Waals surface area contributed by atoms with Gasteiger partial charge in [-0.25, -0.2) is 0 Å². The van der Waals surface area contributed by atoms with E-state index >= 15 is 0 Å². The third kappa shape index (κ3) is 5.39. The Balaban J connectivity index is 1.34. The van der Waals surface area contributed by atoms with E-state index in [-0.39, 0.29) is 30.1 Å². The van der Waals surface area contributed by atoms with E-state index < -0.39 is 64.4 Å². The van der Waals surface area contributed by atoms with E-state index in [0.29, 0.717) is 62.3 Å². The number of ketones is 1. The maximum Gasteiger partial charge on any atom is 0.182 e. The van der Waals surface area contributed by atoms with Crippen molar-refractivity contribution < 1.29 is 40.2 Å². The zero-order valence-corrected chi connectivity index (χ0v) is 29.5. The molecule has 0 spiro atoms. The quantitative estimate of drug-likeness (QED) is 0.164. The Hall–Kier alpha value is -1.07. The zero-order valence-electron chi connectivity index (χ0n) is 29.5. The standard InChI is InChI=1S/C38H63NO8/c1-6-7-8-9-11-23-20-47-33(22(23)3)34(44)36(5,45)27-14-17-38(46)29-25(13-16-35(27,38)4)37-15-10-12-24(31(42)26(41)18-37)28(37)32(43)30(29)39-19-21(2)40/h21-28,31,33-34,39-42,44-46H,6-20H2,1-5H3. The Morgan fingerprint density at radius 2 is 1.83 bits per heavy atom. The van der Waals surface area contributed by atoms with Crippen LogP contribution in [-0.4, -0.2) is 91.3 Å². The second-order valence-electron chi connectivity index (χ2n) is 17.3. The second-order valence-corrected chi connectivity index (χ2v) is 17.3. The van der Waals surface area contributed by atoms with Crippen LogP contribution in [0.2, 0.25) is 0 Å². The van der Waals surface area contributed by atoms with Crippen molar-refractivity contribution >= 4 is 5.78 Å². The highest BCUT2D eigenvalue weighted by Gasteiger charge is 2.72. The van der Waals surface area contributed by atoms with E-state index in [0.717, 1.165) is 25.7 Å². The van der Waals surface area contributed by atoms with Crippen molar-refractivity contribution in [2.24, 2.45) is 46.3 Å². The van der Waals surface area contributed by atoms with Gasteiger partial charge in [0.25, 0.3) is 0 Å². The second kappa shape index (κ2) is 12.9. The molecule has 0 aromatic rings. The molecule has 0 amide bonds. The van der Waals surface area contributed by atoms with E-state index in [9.17, 15) is 35.4 Å². The van der Waals surface area contributed by atoms with E-state index in [4.69, 9.17) is 4.74 Å². The number of Topliss-reactive ketones (excluding diaryl/α,β-unsaturated/α-hetero) is 1. The fourth-order valence-electron chi connectivity index (χ4n) is 12.3. The average Bonchev–Trinajstić information content (AvgIpc) is 3.53. The highest BCUT2D eigenvalue weighted by Crippen LogP contribution is 2.71. The van der Waals surface area contributed by atoms with E-state index in [1.54, 1.807) is 13.8 Å². The molecule has 5 aliphatic carbocycles. The summed E-state index contributed by atoms with van der Waals surface area (Å²) in [7, 11) is 0. The molecule has 0 radical (unpaired) electrons. The number of fused-ring (bicyclic) bond motifs is 3. The van der Waals surface area contributed by atoms with E-state index in [2.05, 4.69) is 19.2 Å². The minimum absolute atomic E-state index is 0.0974. The Morgan fingerprint density at radius 1 is 1.09 bits per heavy atom. The van der Waals surface area contributed by atoms with Crippen LogP contribution >= 0.6 is 0 Å². The Labute approximate surface area is 281 Å². The van der Waals surface area contributed by atoms with Gasteiger partial charge in [-0.05, 0) is 106 Å². The number of allylic oxidation sites excluding steroid dienone is 1. The van der Waals surface area contributed by atoms with Crippen LogP contribution in [0, 0.1) is 46.3 Å². The molecule has 0 aromatic heterocycles. The molecule has 268 valence electrons. The molecule has 15 unspecified atom stereocenters. The molecule has 1 aliphatic heterocycles. The lowest BCUT2D eigenvalue weighted by molar-refractivity contribution is -0.205. The molecule has 4 saturated carbocycles. The van der Waals surface area contributed by atoms with Crippen molar-refractivity contribution in [3.05, 3.63) is 11.3 Å². The number of carbonyl (C=O) groups excluding carboxylic acids is 1. The first-order valence-corrected chi connectivity index (χ1v) is 19.0. The average molecular weight is 662 g/mol.